The number of fused-ring (bicyclic) bond motifs is 1. The fraction of sp³-hybridized carbons (Fsp3) is 0.235. The summed E-state index contributed by atoms with van der Waals surface area (Å²) in [6.07, 6.45) is 2.00. The van der Waals surface area contributed by atoms with Crippen LogP contribution in [0.15, 0.2) is 48.5 Å². The fourth-order valence-electron chi connectivity index (χ4n) is 2.30. The average molecular weight is 283 g/mol. The van der Waals surface area contributed by atoms with Crippen molar-refractivity contribution in [2.24, 2.45) is 0 Å². The molecule has 3 rings (SSSR count). The van der Waals surface area contributed by atoms with E-state index in [1.165, 1.54) is 0 Å². The van der Waals surface area contributed by atoms with Gasteiger partial charge in [0.25, 0.3) is 5.91 Å². The first kappa shape index (κ1) is 13.5. The van der Waals surface area contributed by atoms with Crippen LogP contribution in [0.5, 0.6) is 11.5 Å². The molecule has 1 heterocycles. The highest BCUT2D eigenvalue weighted by molar-refractivity contribution is 5.92. The van der Waals surface area contributed by atoms with Gasteiger partial charge in [0.15, 0.2) is 6.61 Å². The highest BCUT2D eigenvalue weighted by atomic mass is 16.5. The summed E-state index contributed by atoms with van der Waals surface area (Å²) in [7, 11) is 0. The van der Waals surface area contributed by atoms with Crippen LogP contribution in [0, 0.1) is 0 Å². The zero-order valence-electron chi connectivity index (χ0n) is 11.7. The van der Waals surface area contributed by atoms with E-state index < -0.39 is 0 Å². The number of nitrogens with one attached hydrogen (secondary N) is 1. The van der Waals surface area contributed by atoms with Gasteiger partial charge in [-0.1, -0.05) is 18.2 Å². The molecule has 1 aliphatic rings. The van der Waals surface area contributed by atoms with Gasteiger partial charge in [0, 0.05) is 5.69 Å². The summed E-state index contributed by atoms with van der Waals surface area (Å²) in [6, 6.07) is 15.0. The second kappa shape index (κ2) is 6.31. The number of hydrogen-bond donors (Lipinski definition) is 1. The van der Waals surface area contributed by atoms with Gasteiger partial charge in [-0.15, -0.1) is 0 Å². The molecule has 0 radical (unpaired) electrons. The quantitative estimate of drug-likeness (QED) is 0.938. The zero-order chi connectivity index (χ0) is 14.5. The Labute approximate surface area is 123 Å². The van der Waals surface area contributed by atoms with Crippen LogP contribution in [0.3, 0.4) is 0 Å². The van der Waals surface area contributed by atoms with Crippen LogP contribution in [-0.2, 0) is 11.2 Å². The minimum absolute atomic E-state index is 0.00238. The number of rotatable bonds is 4. The molecule has 0 aliphatic carbocycles. The van der Waals surface area contributed by atoms with Gasteiger partial charge in [-0.25, -0.2) is 0 Å². The molecule has 2 aromatic rings. The normalized spacial score (nSPS) is 13.0. The van der Waals surface area contributed by atoms with E-state index in [0.717, 1.165) is 36.4 Å². The number of carbonyl (C=O) groups excluding carboxylic acids is 1. The van der Waals surface area contributed by atoms with Gasteiger partial charge >= 0.3 is 0 Å². The summed E-state index contributed by atoms with van der Waals surface area (Å²) in [4.78, 5) is 11.9. The van der Waals surface area contributed by atoms with Gasteiger partial charge in [0.2, 0.25) is 0 Å². The van der Waals surface area contributed by atoms with Crippen molar-refractivity contribution in [2.75, 3.05) is 18.5 Å². The molecule has 4 heteroatoms. The van der Waals surface area contributed by atoms with Crippen molar-refractivity contribution < 1.29 is 14.3 Å². The van der Waals surface area contributed by atoms with E-state index in [1.807, 2.05) is 48.5 Å². The predicted molar refractivity (Wildman–Crippen MR) is 80.8 cm³/mol. The lowest BCUT2D eigenvalue weighted by Gasteiger charge is -2.18. The van der Waals surface area contributed by atoms with Crippen LogP contribution in [0.1, 0.15) is 12.0 Å². The summed E-state index contributed by atoms with van der Waals surface area (Å²) >= 11 is 0. The number of aryl methyl sites for hydroxylation is 1. The highest BCUT2D eigenvalue weighted by Gasteiger charge is 2.11. The Bertz CT molecular complexity index is 625. The third kappa shape index (κ3) is 3.54. The van der Waals surface area contributed by atoms with Crippen molar-refractivity contribution in [1.82, 2.24) is 0 Å². The van der Waals surface area contributed by atoms with Crippen LogP contribution in [0.2, 0.25) is 0 Å². The Morgan fingerprint density at radius 2 is 2.05 bits per heavy atom. The van der Waals surface area contributed by atoms with Crippen molar-refractivity contribution in [3.8, 4) is 11.5 Å². The van der Waals surface area contributed by atoms with Crippen molar-refractivity contribution >= 4 is 11.6 Å². The molecule has 0 fully saturated rings. The van der Waals surface area contributed by atoms with Crippen LogP contribution in [0.25, 0.3) is 0 Å². The molecule has 1 aliphatic heterocycles. The molecule has 0 aromatic heterocycles. The number of benzene rings is 2. The van der Waals surface area contributed by atoms with Crippen molar-refractivity contribution in [3.63, 3.8) is 0 Å². The molecule has 0 unspecified atom stereocenters. The second-order valence-corrected chi connectivity index (χ2v) is 4.92. The second-order valence-electron chi connectivity index (χ2n) is 4.92. The lowest BCUT2D eigenvalue weighted by molar-refractivity contribution is -0.118. The topological polar surface area (TPSA) is 47.6 Å². The standard InChI is InChI=1S/C17H17NO3/c19-17(12-21-15-6-2-1-3-7-15)18-14-8-9-16-13(11-14)5-4-10-20-16/h1-3,6-9,11H,4-5,10,12H2,(H,18,19). The van der Waals surface area contributed by atoms with Crippen molar-refractivity contribution in [2.45, 2.75) is 12.8 Å². The number of amides is 1. The predicted octanol–water partition coefficient (Wildman–Crippen LogP) is 3.03. The lowest BCUT2D eigenvalue weighted by Crippen LogP contribution is -2.20. The molecule has 1 amide bonds. The first-order valence-electron chi connectivity index (χ1n) is 7.05. The van der Waals surface area contributed by atoms with Crippen LogP contribution >= 0.6 is 0 Å². The summed E-state index contributed by atoms with van der Waals surface area (Å²) in [5.74, 6) is 1.43. The Balaban J connectivity index is 1.57. The first-order chi connectivity index (χ1) is 10.3. The number of ether oxygens (including phenoxy) is 2. The molecule has 0 bridgehead atoms. The maximum Gasteiger partial charge on any atom is 0.262 e. The molecular weight excluding hydrogens is 266 g/mol. The van der Waals surface area contributed by atoms with Crippen LogP contribution in [0.4, 0.5) is 5.69 Å². The van der Waals surface area contributed by atoms with Gasteiger partial charge in [-0.2, -0.15) is 0 Å². The van der Waals surface area contributed by atoms with Crippen LogP contribution < -0.4 is 14.8 Å². The molecule has 4 nitrogen and oxygen atoms in total. The number of carbonyl (C=O) groups is 1. The van der Waals surface area contributed by atoms with E-state index in [9.17, 15) is 4.79 Å². The summed E-state index contributed by atoms with van der Waals surface area (Å²) < 4.78 is 11.0. The number of para-hydroxylation sites is 1. The van der Waals surface area contributed by atoms with Gasteiger partial charge in [-0.3, -0.25) is 4.79 Å². The van der Waals surface area contributed by atoms with Gasteiger partial charge in [0.1, 0.15) is 11.5 Å². The van der Waals surface area contributed by atoms with Crippen molar-refractivity contribution in [3.05, 3.63) is 54.1 Å². The van der Waals surface area contributed by atoms with E-state index in [0.29, 0.717) is 5.75 Å². The van der Waals surface area contributed by atoms with E-state index in [1.54, 1.807) is 0 Å². The smallest absolute Gasteiger partial charge is 0.262 e. The van der Waals surface area contributed by atoms with E-state index >= 15 is 0 Å². The maximum absolute atomic E-state index is 11.9. The van der Waals surface area contributed by atoms with E-state index in [4.69, 9.17) is 9.47 Å². The van der Waals surface area contributed by atoms with Crippen LogP contribution in [-0.4, -0.2) is 19.1 Å². The Hall–Kier alpha value is -2.49. The third-order valence-corrected chi connectivity index (χ3v) is 3.31. The monoisotopic (exact) mass is 283 g/mol. The minimum Gasteiger partial charge on any atom is -0.493 e. The van der Waals surface area contributed by atoms with Crippen molar-refractivity contribution in [1.29, 1.82) is 0 Å². The highest BCUT2D eigenvalue weighted by Crippen LogP contribution is 2.27. The maximum atomic E-state index is 11.9. The Morgan fingerprint density at radius 1 is 1.19 bits per heavy atom. The van der Waals surface area contributed by atoms with Gasteiger partial charge in [-0.05, 0) is 48.7 Å². The largest absolute Gasteiger partial charge is 0.493 e. The fourth-order valence-corrected chi connectivity index (χ4v) is 2.30. The minimum atomic E-state index is -0.171. The van der Waals surface area contributed by atoms with E-state index in [-0.39, 0.29) is 12.5 Å². The molecule has 0 saturated heterocycles. The average Bonchev–Trinajstić information content (AvgIpc) is 2.54. The molecule has 21 heavy (non-hydrogen) atoms. The summed E-state index contributed by atoms with van der Waals surface area (Å²) in [6.45, 7) is 0.765. The lowest BCUT2D eigenvalue weighted by atomic mass is 10.1. The molecular formula is C17H17NO3. The van der Waals surface area contributed by atoms with Gasteiger partial charge < -0.3 is 14.8 Å². The van der Waals surface area contributed by atoms with E-state index in [2.05, 4.69) is 5.32 Å². The summed E-state index contributed by atoms with van der Waals surface area (Å²) in [5, 5.41) is 2.84. The molecule has 108 valence electrons. The summed E-state index contributed by atoms with van der Waals surface area (Å²) in [5.41, 5.74) is 1.92. The SMILES string of the molecule is O=C(COc1ccccc1)Nc1ccc2c(c1)CCCO2. The Morgan fingerprint density at radius 3 is 2.90 bits per heavy atom. The molecule has 2 aromatic carbocycles. The number of hydrogen-bond acceptors (Lipinski definition) is 3. The van der Waals surface area contributed by atoms with Gasteiger partial charge in [0.05, 0.1) is 6.61 Å². The Kier molecular flexibility index (Phi) is 4.05. The molecule has 0 spiro atoms. The third-order valence-electron chi connectivity index (χ3n) is 3.31. The first-order valence-corrected chi connectivity index (χ1v) is 7.05. The molecule has 0 saturated carbocycles. The number of anilines is 1. The molecule has 1 N–H and O–H groups in total. The zero-order valence-corrected chi connectivity index (χ0v) is 11.7. The molecule has 0 atom stereocenters.